The van der Waals surface area contributed by atoms with Crippen LogP contribution in [0.3, 0.4) is 0 Å². The fraction of sp³-hybridized carbons (Fsp3) is 0.353. The van der Waals surface area contributed by atoms with Crippen LogP contribution in [0.25, 0.3) is 10.9 Å². The van der Waals surface area contributed by atoms with Crippen LogP contribution in [0.5, 0.6) is 0 Å². The minimum Gasteiger partial charge on any atom is -0.398 e. The van der Waals surface area contributed by atoms with E-state index in [-0.39, 0.29) is 18.6 Å². The third-order valence-corrected chi connectivity index (χ3v) is 8.70. The topological polar surface area (TPSA) is 83.7 Å². The molecule has 1 aromatic heterocycles. The van der Waals surface area contributed by atoms with Gasteiger partial charge in [0.05, 0.1) is 18.2 Å². The normalized spacial score (nSPS) is 16.7. The Kier molecular flexibility index (Phi) is 9.01. The average Bonchev–Trinajstić information content (AvgIpc) is 3.02. The van der Waals surface area contributed by atoms with E-state index >= 15 is 0 Å². The number of benzene rings is 3. The van der Waals surface area contributed by atoms with Gasteiger partial charge in [0.25, 0.3) is 0 Å². The molecule has 1 saturated heterocycles. The average molecular weight is 584 g/mol. The molecule has 1 amide bonds. The maximum Gasteiger partial charge on any atom is 0.250 e. The molecule has 0 saturated carbocycles. The molecule has 8 heteroatoms. The Bertz CT molecular complexity index is 1520. The first-order valence-electron chi connectivity index (χ1n) is 14.9. The lowest BCUT2D eigenvalue weighted by atomic mass is 9.93. The van der Waals surface area contributed by atoms with Crippen LogP contribution in [0, 0.1) is 0 Å². The van der Waals surface area contributed by atoms with E-state index in [2.05, 4.69) is 57.6 Å². The highest BCUT2D eigenvalue weighted by Gasteiger charge is 2.26. The van der Waals surface area contributed by atoms with Crippen LogP contribution in [0.2, 0.25) is 5.02 Å². The number of hydrogen-bond donors (Lipinski definition) is 2. The molecule has 7 nitrogen and oxygen atoms in total. The highest BCUT2D eigenvalue weighted by molar-refractivity contribution is 6.30. The summed E-state index contributed by atoms with van der Waals surface area (Å²) < 4.78 is 5.76. The number of carbonyl (C=O) groups is 1. The van der Waals surface area contributed by atoms with Gasteiger partial charge in [-0.05, 0) is 72.7 Å². The number of halogens is 1. The van der Waals surface area contributed by atoms with E-state index in [1.165, 1.54) is 16.7 Å². The van der Waals surface area contributed by atoms with E-state index in [0.717, 1.165) is 85.7 Å². The van der Waals surface area contributed by atoms with Crippen LogP contribution in [0.1, 0.15) is 41.3 Å². The summed E-state index contributed by atoms with van der Waals surface area (Å²) in [5, 5.41) is 4.61. The second-order valence-electron chi connectivity index (χ2n) is 11.2. The number of amides is 1. The number of rotatable bonds is 9. The van der Waals surface area contributed by atoms with Crippen molar-refractivity contribution < 1.29 is 9.53 Å². The largest absolute Gasteiger partial charge is 0.398 e. The van der Waals surface area contributed by atoms with Crippen LogP contribution in [-0.4, -0.2) is 66.6 Å². The Morgan fingerprint density at radius 2 is 1.69 bits per heavy atom. The number of fused-ring (bicyclic) bond motifs is 2. The number of nitrogens with zero attached hydrogens (tertiary/aromatic N) is 3. The van der Waals surface area contributed by atoms with Crippen LogP contribution in [0.15, 0.2) is 72.8 Å². The molecule has 1 aliphatic heterocycles. The maximum atomic E-state index is 12.6. The van der Waals surface area contributed by atoms with E-state index in [1.807, 2.05) is 30.3 Å². The fourth-order valence-electron chi connectivity index (χ4n) is 6.23. The quantitative estimate of drug-likeness (QED) is 0.246. The van der Waals surface area contributed by atoms with Gasteiger partial charge in [-0.3, -0.25) is 19.6 Å². The second-order valence-corrected chi connectivity index (χ2v) is 11.7. The lowest BCUT2D eigenvalue weighted by Gasteiger charge is -2.39. The highest BCUT2D eigenvalue weighted by Crippen LogP contribution is 2.33. The van der Waals surface area contributed by atoms with Crippen molar-refractivity contribution >= 4 is 39.8 Å². The van der Waals surface area contributed by atoms with Crippen molar-refractivity contribution in [2.45, 2.75) is 31.7 Å². The minimum absolute atomic E-state index is 0.0164. The standard InChI is InChI=1S/C34H38ClN5O2/c35-26-12-10-25(11-13-26)34(24-6-2-1-3-7-24)40-18-16-39(17-19-40)20-21-42-23-32(41)37-27-14-15-31-29(22-27)33(36)28-8-4-5-9-30(28)38-31/h1-3,6-7,10-15,22,34H,4-5,8-9,16-21,23H2,(H2,36,38)(H,37,41). The first-order valence-corrected chi connectivity index (χ1v) is 15.3. The van der Waals surface area contributed by atoms with Crippen molar-refractivity contribution in [3.8, 4) is 0 Å². The predicted octanol–water partition coefficient (Wildman–Crippen LogP) is 5.71. The Morgan fingerprint density at radius 1 is 0.952 bits per heavy atom. The molecule has 0 radical (unpaired) electrons. The van der Waals surface area contributed by atoms with Crippen LogP contribution in [0.4, 0.5) is 11.4 Å². The number of ether oxygens (including phenoxy) is 1. The van der Waals surface area contributed by atoms with Gasteiger partial charge in [0.2, 0.25) is 5.91 Å². The number of carbonyl (C=O) groups excluding carboxylic acids is 1. The van der Waals surface area contributed by atoms with Gasteiger partial charge in [-0.2, -0.15) is 0 Å². The second kappa shape index (κ2) is 13.2. The SMILES string of the molecule is Nc1c2c(nc3ccc(NC(=O)COCCN4CCN(C(c5ccccc5)c5ccc(Cl)cc5)CC4)cc13)CCCC2. The molecule has 1 fully saturated rings. The van der Waals surface area contributed by atoms with Crippen molar-refractivity contribution in [3.63, 3.8) is 0 Å². The monoisotopic (exact) mass is 583 g/mol. The zero-order valence-electron chi connectivity index (χ0n) is 23.9. The Balaban J connectivity index is 0.976. The van der Waals surface area contributed by atoms with Crippen LogP contribution < -0.4 is 11.1 Å². The summed E-state index contributed by atoms with van der Waals surface area (Å²) in [6, 6.07) is 24.8. The number of piperazine rings is 1. The number of nitrogens with two attached hydrogens (primary N) is 1. The Labute approximate surface area is 252 Å². The van der Waals surface area contributed by atoms with Gasteiger partial charge in [-0.1, -0.05) is 54.1 Å². The van der Waals surface area contributed by atoms with Crippen molar-refractivity contribution in [1.29, 1.82) is 0 Å². The Hall–Kier alpha value is -3.49. The Morgan fingerprint density at radius 3 is 2.48 bits per heavy atom. The van der Waals surface area contributed by atoms with E-state index in [4.69, 9.17) is 27.1 Å². The van der Waals surface area contributed by atoms with Gasteiger partial charge < -0.3 is 15.8 Å². The lowest BCUT2D eigenvalue weighted by molar-refractivity contribution is -0.120. The molecule has 42 heavy (non-hydrogen) atoms. The van der Waals surface area contributed by atoms with E-state index in [1.54, 1.807) is 0 Å². The molecular weight excluding hydrogens is 546 g/mol. The molecule has 1 atom stereocenters. The number of aryl methyl sites for hydroxylation is 1. The maximum absolute atomic E-state index is 12.6. The summed E-state index contributed by atoms with van der Waals surface area (Å²) in [4.78, 5) is 22.4. The highest BCUT2D eigenvalue weighted by atomic mass is 35.5. The van der Waals surface area contributed by atoms with Crippen molar-refractivity contribution in [2.75, 3.05) is 57.0 Å². The fourth-order valence-corrected chi connectivity index (χ4v) is 6.36. The van der Waals surface area contributed by atoms with Gasteiger partial charge >= 0.3 is 0 Å². The van der Waals surface area contributed by atoms with Crippen molar-refractivity contribution in [2.24, 2.45) is 0 Å². The van der Waals surface area contributed by atoms with E-state index in [9.17, 15) is 4.79 Å². The van der Waals surface area contributed by atoms with Crippen molar-refractivity contribution in [3.05, 3.63) is 100 Å². The van der Waals surface area contributed by atoms with E-state index in [0.29, 0.717) is 12.3 Å². The van der Waals surface area contributed by atoms with Gasteiger partial charge in [0.15, 0.2) is 0 Å². The molecule has 3 N–H and O–H groups in total. The van der Waals surface area contributed by atoms with Gasteiger partial charge in [-0.25, -0.2) is 0 Å². The predicted molar refractivity (Wildman–Crippen MR) is 170 cm³/mol. The summed E-state index contributed by atoms with van der Waals surface area (Å²) in [6.07, 6.45) is 4.26. The number of nitrogen functional groups attached to an aromatic ring is 1. The van der Waals surface area contributed by atoms with Gasteiger partial charge in [0, 0.05) is 60.2 Å². The number of hydrogen-bond acceptors (Lipinski definition) is 6. The molecule has 2 aliphatic rings. The molecule has 0 bridgehead atoms. The lowest BCUT2D eigenvalue weighted by Crippen LogP contribution is -2.48. The summed E-state index contributed by atoms with van der Waals surface area (Å²) in [5.41, 5.74) is 13.7. The molecule has 2 heterocycles. The first-order chi connectivity index (χ1) is 20.5. The number of aromatic nitrogens is 1. The van der Waals surface area contributed by atoms with Gasteiger partial charge in [0.1, 0.15) is 6.61 Å². The summed E-state index contributed by atoms with van der Waals surface area (Å²) in [5.74, 6) is -0.169. The molecule has 1 aliphatic carbocycles. The first kappa shape index (κ1) is 28.6. The minimum atomic E-state index is -0.169. The molecule has 218 valence electrons. The molecule has 1 unspecified atom stereocenters. The number of anilines is 2. The molecule has 4 aromatic rings. The number of nitrogens with one attached hydrogen (secondary N) is 1. The molecule has 6 rings (SSSR count). The zero-order chi connectivity index (χ0) is 28.9. The smallest absolute Gasteiger partial charge is 0.250 e. The third-order valence-electron chi connectivity index (χ3n) is 8.45. The summed E-state index contributed by atoms with van der Waals surface area (Å²) in [7, 11) is 0. The summed E-state index contributed by atoms with van der Waals surface area (Å²) >= 11 is 6.17. The third kappa shape index (κ3) is 6.60. The zero-order valence-corrected chi connectivity index (χ0v) is 24.7. The molecule has 0 spiro atoms. The summed E-state index contributed by atoms with van der Waals surface area (Å²) in [6.45, 7) is 5.11. The van der Waals surface area contributed by atoms with Gasteiger partial charge in [-0.15, -0.1) is 0 Å². The van der Waals surface area contributed by atoms with E-state index < -0.39 is 0 Å². The number of pyridine rings is 1. The van der Waals surface area contributed by atoms with Crippen LogP contribution >= 0.6 is 11.6 Å². The van der Waals surface area contributed by atoms with Crippen LogP contribution in [-0.2, 0) is 22.4 Å². The van der Waals surface area contributed by atoms with Crippen molar-refractivity contribution in [1.82, 2.24) is 14.8 Å². The molecular formula is C34H38ClN5O2. The molecule has 3 aromatic carbocycles.